The summed E-state index contributed by atoms with van der Waals surface area (Å²) >= 11 is 7.79. The summed E-state index contributed by atoms with van der Waals surface area (Å²) in [6.07, 6.45) is 3.06. The number of rotatable bonds is 6. The van der Waals surface area contributed by atoms with Gasteiger partial charge in [0.25, 0.3) is 0 Å². The molecule has 0 bridgehead atoms. The Morgan fingerprint density at radius 2 is 2.31 bits per heavy atom. The third-order valence-corrected chi connectivity index (χ3v) is 2.99. The van der Waals surface area contributed by atoms with Gasteiger partial charge >= 0.3 is 0 Å². The van der Waals surface area contributed by atoms with Gasteiger partial charge in [-0.05, 0) is 36.6 Å². The molecule has 0 atom stereocenters. The van der Waals surface area contributed by atoms with Crippen molar-refractivity contribution >= 4 is 29.2 Å². The van der Waals surface area contributed by atoms with Gasteiger partial charge in [0.15, 0.2) is 0 Å². The van der Waals surface area contributed by atoms with Crippen molar-refractivity contribution in [2.45, 2.75) is 6.42 Å². The van der Waals surface area contributed by atoms with Crippen LogP contribution in [0.5, 0.6) is 5.75 Å². The molecule has 0 aliphatic carbocycles. The van der Waals surface area contributed by atoms with Crippen molar-refractivity contribution in [1.82, 2.24) is 0 Å². The van der Waals surface area contributed by atoms with Gasteiger partial charge in [0.2, 0.25) is 0 Å². The smallest absolute Gasteiger partial charge is 0.137 e. The van der Waals surface area contributed by atoms with Crippen molar-refractivity contribution in [3.05, 3.63) is 28.8 Å². The van der Waals surface area contributed by atoms with Crippen LogP contribution >= 0.6 is 23.4 Å². The van der Waals surface area contributed by atoms with Gasteiger partial charge in [-0.15, -0.1) is 0 Å². The van der Waals surface area contributed by atoms with Crippen LogP contribution in [-0.4, -0.2) is 24.5 Å². The largest absolute Gasteiger partial charge is 0.492 e. The molecule has 0 aliphatic heterocycles. The minimum absolute atomic E-state index is 0.0100. The van der Waals surface area contributed by atoms with Crippen molar-refractivity contribution in [3.63, 3.8) is 0 Å². The van der Waals surface area contributed by atoms with Crippen LogP contribution < -0.4 is 10.5 Å². The molecular formula is C11H15ClN2OS. The standard InChI is InChI=1S/C11H15ClN2OS/c1-16-6-2-5-15-10-4-3-8(11(13)14)7-9(10)12/h3-4,7H,2,5-6H2,1H3,(H3,13,14). The van der Waals surface area contributed by atoms with Crippen LogP contribution in [0, 0.1) is 5.41 Å². The van der Waals surface area contributed by atoms with Gasteiger partial charge in [0.05, 0.1) is 11.6 Å². The summed E-state index contributed by atoms with van der Waals surface area (Å²) in [5.74, 6) is 1.73. The molecule has 1 rings (SSSR count). The first kappa shape index (κ1) is 13.2. The Labute approximate surface area is 105 Å². The lowest BCUT2D eigenvalue weighted by Crippen LogP contribution is -2.11. The minimum Gasteiger partial charge on any atom is -0.492 e. The third kappa shape index (κ3) is 3.94. The molecule has 0 saturated heterocycles. The minimum atomic E-state index is 0.0100. The van der Waals surface area contributed by atoms with Crippen molar-refractivity contribution in [3.8, 4) is 5.75 Å². The summed E-state index contributed by atoms with van der Waals surface area (Å²) in [5, 5.41) is 7.77. The number of nitrogen functional groups attached to an aromatic ring is 1. The first-order valence-corrected chi connectivity index (χ1v) is 6.68. The molecule has 0 spiro atoms. The first-order valence-electron chi connectivity index (χ1n) is 4.91. The molecule has 5 heteroatoms. The third-order valence-electron chi connectivity index (χ3n) is 1.99. The topological polar surface area (TPSA) is 59.1 Å². The molecule has 0 fully saturated rings. The van der Waals surface area contributed by atoms with Gasteiger partial charge in [-0.1, -0.05) is 11.6 Å². The zero-order chi connectivity index (χ0) is 12.0. The van der Waals surface area contributed by atoms with E-state index >= 15 is 0 Å². The molecule has 1 aromatic carbocycles. The molecule has 0 radical (unpaired) electrons. The summed E-state index contributed by atoms with van der Waals surface area (Å²) in [7, 11) is 0. The molecule has 16 heavy (non-hydrogen) atoms. The highest BCUT2D eigenvalue weighted by molar-refractivity contribution is 7.98. The van der Waals surface area contributed by atoms with Gasteiger partial charge in [0.1, 0.15) is 11.6 Å². The number of nitrogens with two attached hydrogens (primary N) is 1. The predicted octanol–water partition coefficient (Wildman–Crippen LogP) is 2.76. The van der Waals surface area contributed by atoms with Gasteiger partial charge in [0, 0.05) is 5.56 Å². The molecule has 3 nitrogen and oxygen atoms in total. The van der Waals surface area contributed by atoms with E-state index in [0.717, 1.165) is 12.2 Å². The number of hydrogen-bond donors (Lipinski definition) is 2. The Balaban J connectivity index is 2.57. The predicted molar refractivity (Wildman–Crippen MR) is 71.0 cm³/mol. The van der Waals surface area contributed by atoms with Crippen molar-refractivity contribution in [2.24, 2.45) is 5.73 Å². The summed E-state index contributed by atoms with van der Waals surface area (Å²) in [6, 6.07) is 5.13. The van der Waals surface area contributed by atoms with E-state index in [1.807, 2.05) is 0 Å². The highest BCUT2D eigenvalue weighted by Gasteiger charge is 2.04. The van der Waals surface area contributed by atoms with E-state index in [9.17, 15) is 0 Å². The number of amidine groups is 1. The summed E-state index contributed by atoms with van der Waals surface area (Å²) in [5.41, 5.74) is 5.97. The fraction of sp³-hybridized carbons (Fsp3) is 0.364. The first-order chi connectivity index (χ1) is 7.65. The van der Waals surface area contributed by atoms with E-state index in [-0.39, 0.29) is 5.84 Å². The Kier molecular flexibility index (Phi) is 5.49. The lowest BCUT2D eigenvalue weighted by Gasteiger charge is -2.08. The summed E-state index contributed by atoms with van der Waals surface area (Å²) in [4.78, 5) is 0. The number of hydrogen-bond acceptors (Lipinski definition) is 3. The van der Waals surface area contributed by atoms with Crippen LogP contribution in [0.25, 0.3) is 0 Å². The van der Waals surface area contributed by atoms with Crippen LogP contribution in [-0.2, 0) is 0 Å². The van der Waals surface area contributed by atoms with E-state index in [2.05, 4.69) is 6.26 Å². The molecule has 3 N–H and O–H groups in total. The van der Waals surface area contributed by atoms with E-state index in [1.54, 1.807) is 30.0 Å². The molecule has 0 amide bonds. The van der Waals surface area contributed by atoms with E-state index in [4.69, 9.17) is 27.5 Å². The lowest BCUT2D eigenvalue weighted by molar-refractivity contribution is 0.319. The van der Waals surface area contributed by atoms with Crippen molar-refractivity contribution < 1.29 is 4.74 Å². The molecule has 0 unspecified atom stereocenters. The molecule has 0 heterocycles. The number of nitrogens with one attached hydrogen (secondary N) is 1. The molecular weight excluding hydrogens is 244 g/mol. The second kappa shape index (κ2) is 6.66. The molecule has 0 aromatic heterocycles. The molecule has 1 aromatic rings. The number of ether oxygens (including phenoxy) is 1. The average Bonchev–Trinajstić information content (AvgIpc) is 2.26. The monoisotopic (exact) mass is 258 g/mol. The fourth-order valence-corrected chi connectivity index (χ4v) is 1.81. The van der Waals surface area contributed by atoms with E-state index in [1.165, 1.54) is 0 Å². The lowest BCUT2D eigenvalue weighted by atomic mass is 10.2. The number of benzene rings is 1. The van der Waals surface area contributed by atoms with Crippen LogP contribution in [0.3, 0.4) is 0 Å². The maximum Gasteiger partial charge on any atom is 0.137 e. The summed E-state index contributed by atoms with van der Waals surface area (Å²) < 4.78 is 5.52. The highest BCUT2D eigenvalue weighted by atomic mass is 35.5. The average molecular weight is 259 g/mol. The summed E-state index contributed by atoms with van der Waals surface area (Å²) in [6.45, 7) is 0.653. The maximum absolute atomic E-state index is 7.27. The van der Waals surface area contributed by atoms with Crippen molar-refractivity contribution in [2.75, 3.05) is 18.6 Å². The Morgan fingerprint density at radius 3 is 2.88 bits per heavy atom. The van der Waals surface area contributed by atoms with Crippen LogP contribution in [0.1, 0.15) is 12.0 Å². The Bertz CT molecular complexity index is 371. The quantitative estimate of drug-likeness (QED) is 0.469. The van der Waals surface area contributed by atoms with E-state index in [0.29, 0.717) is 22.9 Å². The van der Waals surface area contributed by atoms with Gasteiger partial charge in [-0.3, -0.25) is 5.41 Å². The molecule has 88 valence electrons. The normalized spacial score (nSPS) is 10.1. The van der Waals surface area contributed by atoms with Gasteiger partial charge < -0.3 is 10.5 Å². The second-order valence-corrected chi connectivity index (χ2v) is 4.65. The maximum atomic E-state index is 7.27. The van der Waals surface area contributed by atoms with E-state index < -0.39 is 0 Å². The van der Waals surface area contributed by atoms with Gasteiger partial charge in [-0.2, -0.15) is 11.8 Å². The number of thioether (sulfide) groups is 1. The molecule has 0 saturated carbocycles. The second-order valence-electron chi connectivity index (χ2n) is 3.25. The van der Waals surface area contributed by atoms with Crippen molar-refractivity contribution in [1.29, 1.82) is 5.41 Å². The van der Waals surface area contributed by atoms with Crippen LogP contribution in [0.2, 0.25) is 5.02 Å². The Morgan fingerprint density at radius 1 is 1.56 bits per heavy atom. The Hall–Kier alpha value is -0.870. The number of halogens is 1. The van der Waals surface area contributed by atoms with Crippen LogP contribution in [0.15, 0.2) is 18.2 Å². The SMILES string of the molecule is CSCCCOc1ccc(C(=N)N)cc1Cl. The van der Waals surface area contributed by atoms with Gasteiger partial charge in [-0.25, -0.2) is 0 Å². The van der Waals surface area contributed by atoms with Crippen LogP contribution in [0.4, 0.5) is 0 Å². The zero-order valence-corrected chi connectivity index (χ0v) is 10.7. The molecule has 0 aliphatic rings. The zero-order valence-electron chi connectivity index (χ0n) is 9.13. The fourth-order valence-electron chi connectivity index (χ4n) is 1.17. The highest BCUT2D eigenvalue weighted by Crippen LogP contribution is 2.25.